The van der Waals surface area contributed by atoms with Gasteiger partial charge in [0.1, 0.15) is 6.10 Å². The molecule has 1 saturated carbocycles. The van der Waals surface area contributed by atoms with Gasteiger partial charge in [0.15, 0.2) is 17.3 Å². The number of hydrogen-bond acceptors (Lipinski definition) is 8. The molecule has 9 nitrogen and oxygen atoms in total. The SMILES string of the molecule is COc1ccc([C@@H]2CC(=O)C3=C(C2)NC(C)=C(C(=O)OC2CCCCC2)[C@@H]3c2cccc([N+](=O)[O-])c2)cc1OC. The number of benzene rings is 2. The minimum atomic E-state index is -0.758. The predicted octanol–water partition coefficient (Wildman–Crippen LogP) is 5.85. The zero-order valence-electron chi connectivity index (χ0n) is 23.0. The Hall–Kier alpha value is -4.14. The highest BCUT2D eigenvalue weighted by molar-refractivity contribution is 6.04. The Kier molecular flexibility index (Phi) is 7.91. The number of ketones is 1. The monoisotopic (exact) mass is 546 g/mol. The zero-order valence-corrected chi connectivity index (χ0v) is 23.0. The van der Waals surface area contributed by atoms with Crippen molar-refractivity contribution in [1.29, 1.82) is 0 Å². The number of rotatable bonds is 7. The third-order valence-electron chi connectivity index (χ3n) is 8.17. The molecule has 1 heterocycles. The van der Waals surface area contributed by atoms with Crippen molar-refractivity contribution in [2.75, 3.05) is 14.2 Å². The van der Waals surface area contributed by atoms with Crippen LogP contribution in [0, 0.1) is 10.1 Å². The van der Waals surface area contributed by atoms with E-state index in [1.165, 1.54) is 12.1 Å². The number of allylic oxidation sites excluding steroid dienone is 3. The van der Waals surface area contributed by atoms with Crippen molar-refractivity contribution in [2.24, 2.45) is 0 Å². The molecule has 1 aliphatic heterocycles. The molecule has 210 valence electrons. The summed E-state index contributed by atoms with van der Waals surface area (Å²) in [6.07, 6.45) is 5.36. The lowest BCUT2D eigenvalue weighted by molar-refractivity contribution is -0.384. The number of non-ortho nitro benzene ring substituents is 1. The van der Waals surface area contributed by atoms with Crippen LogP contribution in [-0.4, -0.2) is 37.0 Å². The van der Waals surface area contributed by atoms with Crippen LogP contribution in [0.4, 0.5) is 5.69 Å². The molecule has 0 radical (unpaired) electrons. The molecule has 2 aromatic carbocycles. The molecular formula is C31H34N2O7. The fourth-order valence-electron chi connectivity index (χ4n) is 6.20. The van der Waals surface area contributed by atoms with Crippen molar-refractivity contribution in [3.8, 4) is 11.5 Å². The van der Waals surface area contributed by atoms with E-state index in [0.717, 1.165) is 43.4 Å². The number of nitrogens with zero attached hydrogens (tertiary/aromatic N) is 1. The van der Waals surface area contributed by atoms with Crippen LogP contribution >= 0.6 is 0 Å². The second-order valence-corrected chi connectivity index (χ2v) is 10.6. The molecule has 2 atom stereocenters. The van der Waals surface area contributed by atoms with E-state index in [1.807, 2.05) is 18.2 Å². The highest BCUT2D eigenvalue weighted by Gasteiger charge is 2.42. The summed E-state index contributed by atoms with van der Waals surface area (Å²) in [4.78, 5) is 38.7. The molecule has 5 rings (SSSR count). The third kappa shape index (κ3) is 5.33. The number of esters is 1. The maximum atomic E-state index is 13.9. The van der Waals surface area contributed by atoms with Crippen LogP contribution in [0.3, 0.4) is 0 Å². The average Bonchev–Trinajstić information content (AvgIpc) is 2.96. The molecule has 0 bridgehead atoms. The topological polar surface area (TPSA) is 117 Å². The highest BCUT2D eigenvalue weighted by Crippen LogP contribution is 2.47. The van der Waals surface area contributed by atoms with E-state index >= 15 is 0 Å². The molecule has 0 saturated heterocycles. The Morgan fingerprint density at radius 2 is 1.73 bits per heavy atom. The lowest BCUT2D eigenvalue weighted by atomic mass is 9.71. The second kappa shape index (κ2) is 11.5. The number of carbonyl (C=O) groups excluding carboxylic acids is 2. The molecular weight excluding hydrogens is 512 g/mol. The van der Waals surface area contributed by atoms with Crippen LogP contribution in [0.5, 0.6) is 11.5 Å². The van der Waals surface area contributed by atoms with E-state index in [2.05, 4.69) is 5.32 Å². The first-order valence-electron chi connectivity index (χ1n) is 13.7. The predicted molar refractivity (Wildman–Crippen MR) is 148 cm³/mol. The Morgan fingerprint density at radius 3 is 2.42 bits per heavy atom. The lowest BCUT2D eigenvalue weighted by Crippen LogP contribution is -2.37. The van der Waals surface area contributed by atoms with Gasteiger partial charge in [0.2, 0.25) is 0 Å². The van der Waals surface area contributed by atoms with Gasteiger partial charge in [0.25, 0.3) is 5.69 Å². The maximum Gasteiger partial charge on any atom is 0.337 e. The van der Waals surface area contributed by atoms with Gasteiger partial charge in [-0.3, -0.25) is 14.9 Å². The van der Waals surface area contributed by atoms with E-state index in [1.54, 1.807) is 33.3 Å². The number of nitro benzene ring substituents is 1. The summed E-state index contributed by atoms with van der Waals surface area (Å²) in [5.74, 6) is -0.272. The maximum absolute atomic E-state index is 13.9. The van der Waals surface area contributed by atoms with E-state index in [4.69, 9.17) is 14.2 Å². The van der Waals surface area contributed by atoms with Crippen molar-refractivity contribution >= 4 is 17.4 Å². The molecule has 2 aromatic rings. The highest BCUT2D eigenvalue weighted by atomic mass is 16.6. The summed E-state index contributed by atoms with van der Waals surface area (Å²) in [7, 11) is 3.15. The van der Waals surface area contributed by atoms with Crippen molar-refractivity contribution in [2.45, 2.75) is 69.8 Å². The van der Waals surface area contributed by atoms with Crippen LogP contribution in [-0.2, 0) is 14.3 Å². The van der Waals surface area contributed by atoms with Crippen LogP contribution in [0.25, 0.3) is 0 Å². The van der Waals surface area contributed by atoms with Gasteiger partial charge in [0, 0.05) is 41.4 Å². The number of nitro groups is 1. The molecule has 2 aliphatic carbocycles. The molecule has 1 fully saturated rings. The summed E-state index contributed by atoms with van der Waals surface area (Å²) in [6.45, 7) is 1.80. The van der Waals surface area contributed by atoms with E-state index in [-0.39, 0.29) is 29.9 Å². The number of nitrogens with one attached hydrogen (secondary N) is 1. The zero-order chi connectivity index (χ0) is 28.4. The lowest BCUT2D eigenvalue weighted by Gasteiger charge is -2.37. The largest absolute Gasteiger partial charge is 0.493 e. The van der Waals surface area contributed by atoms with Gasteiger partial charge < -0.3 is 19.5 Å². The van der Waals surface area contributed by atoms with Gasteiger partial charge in [-0.05, 0) is 68.2 Å². The summed E-state index contributed by atoms with van der Waals surface area (Å²) >= 11 is 0. The van der Waals surface area contributed by atoms with Gasteiger partial charge in [-0.2, -0.15) is 0 Å². The standard InChI is InChI=1S/C31H34N2O7/c1-18-28(31(35)40-23-10-5-4-6-11-23)29(20-8-7-9-22(14-20)33(36)37)30-24(32-18)15-21(16-25(30)34)19-12-13-26(38-2)27(17-19)39-3/h7-9,12-14,17,21,23,29,32H,4-6,10-11,15-16H2,1-3H3/t21-,29-/m0/s1. The summed E-state index contributed by atoms with van der Waals surface area (Å²) in [5.41, 5.74) is 3.49. The summed E-state index contributed by atoms with van der Waals surface area (Å²) < 4.78 is 16.8. The van der Waals surface area contributed by atoms with E-state index in [0.29, 0.717) is 40.3 Å². The van der Waals surface area contributed by atoms with E-state index in [9.17, 15) is 19.7 Å². The first kappa shape index (κ1) is 27.4. The minimum absolute atomic E-state index is 0.0951. The fraction of sp³-hybridized carbons (Fsp3) is 0.419. The van der Waals surface area contributed by atoms with Crippen LogP contribution < -0.4 is 14.8 Å². The van der Waals surface area contributed by atoms with Crippen LogP contribution in [0.2, 0.25) is 0 Å². The number of hydrogen-bond donors (Lipinski definition) is 1. The number of ether oxygens (including phenoxy) is 3. The molecule has 3 aliphatic rings. The summed E-state index contributed by atoms with van der Waals surface area (Å²) in [5, 5.41) is 15.0. The molecule has 0 spiro atoms. The molecule has 1 N–H and O–H groups in total. The van der Waals surface area contributed by atoms with Gasteiger partial charge >= 0.3 is 5.97 Å². The average molecular weight is 547 g/mol. The number of carbonyl (C=O) groups is 2. The Morgan fingerprint density at radius 1 is 0.975 bits per heavy atom. The molecule has 9 heteroatoms. The van der Waals surface area contributed by atoms with Crippen molar-refractivity contribution < 1.29 is 28.7 Å². The fourth-order valence-corrected chi connectivity index (χ4v) is 6.20. The van der Waals surface area contributed by atoms with Gasteiger partial charge in [0.05, 0.1) is 24.7 Å². The second-order valence-electron chi connectivity index (χ2n) is 10.6. The van der Waals surface area contributed by atoms with Crippen LogP contribution in [0.1, 0.15) is 74.8 Å². The van der Waals surface area contributed by atoms with Gasteiger partial charge in [-0.1, -0.05) is 24.6 Å². The third-order valence-corrected chi connectivity index (χ3v) is 8.17. The Labute approximate surface area is 233 Å². The molecule has 40 heavy (non-hydrogen) atoms. The quantitative estimate of drug-likeness (QED) is 0.261. The smallest absolute Gasteiger partial charge is 0.337 e. The normalized spacial score (nSPS) is 21.4. The molecule has 0 unspecified atom stereocenters. The first-order chi connectivity index (χ1) is 19.3. The first-order valence-corrected chi connectivity index (χ1v) is 13.7. The van der Waals surface area contributed by atoms with Crippen LogP contribution in [0.15, 0.2) is 65.0 Å². The van der Waals surface area contributed by atoms with Crippen molar-refractivity contribution in [3.63, 3.8) is 0 Å². The number of dihydropyridines is 1. The van der Waals surface area contributed by atoms with E-state index < -0.39 is 16.8 Å². The number of methoxy groups -OCH3 is 2. The molecule has 0 amide bonds. The Bertz CT molecular complexity index is 1400. The van der Waals surface area contributed by atoms with Crippen molar-refractivity contribution in [3.05, 3.63) is 86.2 Å². The van der Waals surface area contributed by atoms with Crippen molar-refractivity contribution in [1.82, 2.24) is 5.32 Å². The summed E-state index contributed by atoms with van der Waals surface area (Å²) in [6, 6.07) is 11.8. The minimum Gasteiger partial charge on any atom is -0.493 e. The van der Waals surface area contributed by atoms with Gasteiger partial charge in [-0.15, -0.1) is 0 Å². The number of Topliss-reactive ketones (excluding diaryl/α,β-unsaturated/α-hetero) is 1. The van der Waals surface area contributed by atoms with Gasteiger partial charge in [-0.25, -0.2) is 4.79 Å². The Balaban J connectivity index is 1.54. The molecule has 0 aromatic heterocycles.